The van der Waals surface area contributed by atoms with E-state index in [9.17, 15) is 4.79 Å². The summed E-state index contributed by atoms with van der Waals surface area (Å²) >= 11 is 0. The van der Waals surface area contributed by atoms with Crippen LogP contribution in [-0.4, -0.2) is 49.8 Å². The zero-order chi connectivity index (χ0) is 17.2. The maximum Gasteiger partial charge on any atom is 0.413 e. The number of rotatable bonds is 3. The fourth-order valence-corrected chi connectivity index (χ4v) is 2.64. The standard InChI is InChI=1S/C17H28N4O2/c1-17(2,3)19-16(22)23-15-10-12(6-7-14(15)18)21-9-8-13(11-21)20(4)5/h6-7,10,13H,8-9,11,18H2,1-5H3,(H,19,22)/t13-/m0/s1. The van der Waals surface area contributed by atoms with Gasteiger partial charge < -0.3 is 25.6 Å². The maximum atomic E-state index is 11.9. The summed E-state index contributed by atoms with van der Waals surface area (Å²) in [6.07, 6.45) is 0.631. The van der Waals surface area contributed by atoms with Crippen LogP contribution in [0.3, 0.4) is 0 Å². The molecule has 1 atom stereocenters. The van der Waals surface area contributed by atoms with Crippen molar-refractivity contribution < 1.29 is 9.53 Å². The third kappa shape index (κ3) is 4.76. The number of hydrogen-bond donors (Lipinski definition) is 2. The third-order valence-electron chi connectivity index (χ3n) is 3.94. The summed E-state index contributed by atoms with van der Waals surface area (Å²) < 4.78 is 5.38. The highest BCUT2D eigenvalue weighted by Crippen LogP contribution is 2.30. The molecule has 1 aromatic rings. The Kier molecular flexibility index (Phi) is 5.04. The van der Waals surface area contributed by atoms with Crippen molar-refractivity contribution in [2.24, 2.45) is 0 Å². The number of amides is 1. The van der Waals surface area contributed by atoms with E-state index in [-0.39, 0.29) is 5.54 Å². The van der Waals surface area contributed by atoms with Gasteiger partial charge in [0.15, 0.2) is 5.75 Å². The number of ether oxygens (including phenoxy) is 1. The van der Waals surface area contributed by atoms with Gasteiger partial charge in [0, 0.05) is 36.4 Å². The lowest BCUT2D eigenvalue weighted by molar-refractivity contribution is 0.191. The molecule has 0 unspecified atom stereocenters. The van der Waals surface area contributed by atoms with E-state index in [0.29, 0.717) is 17.5 Å². The largest absolute Gasteiger partial charge is 0.413 e. The summed E-state index contributed by atoms with van der Waals surface area (Å²) in [5.74, 6) is 0.401. The summed E-state index contributed by atoms with van der Waals surface area (Å²) in [7, 11) is 4.20. The molecule has 3 N–H and O–H groups in total. The molecule has 6 heteroatoms. The number of benzene rings is 1. The van der Waals surface area contributed by atoms with Crippen molar-refractivity contribution in [3.63, 3.8) is 0 Å². The first-order chi connectivity index (χ1) is 10.7. The van der Waals surface area contributed by atoms with Gasteiger partial charge in [-0.25, -0.2) is 4.79 Å². The van der Waals surface area contributed by atoms with Gasteiger partial charge in [0.05, 0.1) is 5.69 Å². The van der Waals surface area contributed by atoms with Gasteiger partial charge in [-0.1, -0.05) is 0 Å². The van der Waals surface area contributed by atoms with Crippen molar-refractivity contribution in [2.45, 2.75) is 38.8 Å². The van der Waals surface area contributed by atoms with E-state index in [1.54, 1.807) is 6.07 Å². The van der Waals surface area contributed by atoms with E-state index in [1.165, 1.54) is 0 Å². The first kappa shape index (κ1) is 17.4. The molecule has 128 valence electrons. The first-order valence-electron chi connectivity index (χ1n) is 7.96. The number of likely N-dealkylation sites (N-methyl/N-ethyl adjacent to an activating group) is 1. The summed E-state index contributed by atoms with van der Waals surface area (Å²) in [5, 5.41) is 2.77. The van der Waals surface area contributed by atoms with E-state index < -0.39 is 6.09 Å². The molecule has 0 aliphatic carbocycles. The molecular formula is C17H28N4O2. The second-order valence-electron chi connectivity index (χ2n) is 7.34. The highest BCUT2D eigenvalue weighted by Gasteiger charge is 2.25. The maximum absolute atomic E-state index is 11.9. The first-order valence-corrected chi connectivity index (χ1v) is 7.96. The molecule has 1 aromatic carbocycles. The molecular weight excluding hydrogens is 292 g/mol. The van der Waals surface area contributed by atoms with Crippen LogP contribution in [0.1, 0.15) is 27.2 Å². The Morgan fingerprint density at radius 3 is 2.65 bits per heavy atom. The minimum Gasteiger partial charge on any atom is -0.408 e. The quantitative estimate of drug-likeness (QED) is 0.836. The average molecular weight is 320 g/mol. The fourth-order valence-electron chi connectivity index (χ4n) is 2.64. The highest BCUT2D eigenvalue weighted by atomic mass is 16.6. The van der Waals surface area contributed by atoms with Gasteiger partial charge in [0.25, 0.3) is 0 Å². The molecule has 23 heavy (non-hydrogen) atoms. The molecule has 1 aliphatic rings. The highest BCUT2D eigenvalue weighted by molar-refractivity contribution is 5.75. The lowest BCUT2D eigenvalue weighted by Gasteiger charge is -2.23. The van der Waals surface area contributed by atoms with E-state index >= 15 is 0 Å². The van der Waals surface area contributed by atoms with Gasteiger partial charge in [-0.15, -0.1) is 0 Å². The minimum atomic E-state index is -0.492. The topological polar surface area (TPSA) is 70.8 Å². The number of carbonyl (C=O) groups excluding carboxylic acids is 1. The number of anilines is 2. The van der Waals surface area contributed by atoms with Crippen LogP contribution in [0.15, 0.2) is 18.2 Å². The van der Waals surface area contributed by atoms with E-state index in [2.05, 4.69) is 29.2 Å². The molecule has 1 saturated heterocycles. The second kappa shape index (κ2) is 6.66. The van der Waals surface area contributed by atoms with Crippen molar-refractivity contribution in [1.29, 1.82) is 0 Å². The van der Waals surface area contributed by atoms with Crippen LogP contribution >= 0.6 is 0 Å². The van der Waals surface area contributed by atoms with Crippen molar-refractivity contribution in [2.75, 3.05) is 37.8 Å². The molecule has 6 nitrogen and oxygen atoms in total. The Balaban J connectivity index is 2.09. The molecule has 1 heterocycles. The lowest BCUT2D eigenvalue weighted by atomic mass is 10.1. The van der Waals surface area contributed by atoms with Crippen LogP contribution in [-0.2, 0) is 0 Å². The fraction of sp³-hybridized carbons (Fsp3) is 0.588. The average Bonchev–Trinajstić information content (AvgIpc) is 2.89. The molecule has 0 spiro atoms. The summed E-state index contributed by atoms with van der Waals surface area (Å²) in [6, 6.07) is 6.15. The summed E-state index contributed by atoms with van der Waals surface area (Å²) in [4.78, 5) is 16.5. The van der Waals surface area contributed by atoms with Crippen molar-refractivity contribution in [3.05, 3.63) is 18.2 Å². The zero-order valence-corrected chi connectivity index (χ0v) is 14.7. The molecule has 0 aromatic heterocycles. The van der Waals surface area contributed by atoms with Crippen LogP contribution in [0.5, 0.6) is 5.75 Å². The van der Waals surface area contributed by atoms with Crippen LogP contribution in [0.25, 0.3) is 0 Å². The SMILES string of the molecule is CN(C)[C@H]1CCN(c2ccc(N)c(OC(=O)NC(C)(C)C)c2)C1. The molecule has 1 fully saturated rings. The van der Waals surface area contributed by atoms with Crippen LogP contribution in [0, 0.1) is 0 Å². The molecule has 2 rings (SSSR count). The molecule has 1 aliphatic heterocycles. The van der Waals surface area contributed by atoms with E-state index in [0.717, 1.165) is 25.2 Å². The lowest BCUT2D eigenvalue weighted by Crippen LogP contribution is -2.42. The van der Waals surface area contributed by atoms with Gasteiger partial charge in [0.2, 0.25) is 0 Å². The second-order valence-corrected chi connectivity index (χ2v) is 7.34. The molecule has 1 amide bonds. The minimum absolute atomic E-state index is 0.350. The van der Waals surface area contributed by atoms with Gasteiger partial charge in [-0.05, 0) is 53.4 Å². The number of hydrogen-bond acceptors (Lipinski definition) is 5. The Labute approximate surface area is 138 Å². The Hall–Kier alpha value is -1.95. The molecule has 0 saturated carbocycles. The van der Waals surface area contributed by atoms with Crippen LogP contribution in [0.4, 0.5) is 16.2 Å². The van der Waals surface area contributed by atoms with Gasteiger partial charge in [0.1, 0.15) is 0 Å². The number of nitrogens with one attached hydrogen (secondary N) is 1. The predicted molar refractivity (Wildman–Crippen MR) is 94.1 cm³/mol. The van der Waals surface area contributed by atoms with Gasteiger partial charge >= 0.3 is 6.09 Å². The van der Waals surface area contributed by atoms with Crippen molar-refractivity contribution in [1.82, 2.24) is 10.2 Å². The van der Waals surface area contributed by atoms with Gasteiger partial charge in [-0.2, -0.15) is 0 Å². The van der Waals surface area contributed by atoms with Crippen molar-refractivity contribution >= 4 is 17.5 Å². The number of carbonyl (C=O) groups is 1. The Morgan fingerprint density at radius 2 is 2.09 bits per heavy atom. The molecule has 0 radical (unpaired) electrons. The van der Waals surface area contributed by atoms with E-state index in [4.69, 9.17) is 10.5 Å². The normalized spacial score (nSPS) is 18.3. The van der Waals surface area contributed by atoms with Crippen LogP contribution < -0.4 is 20.7 Å². The number of nitrogens with two attached hydrogens (primary N) is 1. The smallest absolute Gasteiger partial charge is 0.408 e. The van der Waals surface area contributed by atoms with E-state index in [1.807, 2.05) is 32.9 Å². The number of nitrogens with zero attached hydrogens (tertiary/aromatic N) is 2. The summed E-state index contributed by atoms with van der Waals surface area (Å²) in [5.41, 5.74) is 7.08. The van der Waals surface area contributed by atoms with Gasteiger partial charge in [-0.3, -0.25) is 0 Å². The zero-order valence-electron chi connectivity index (χ0n) is 14.7. The summed E-state index contributed by atoms with van der Waals surface area (Å²) in [6.45, 7) is 7.66. The Morgan fingerprint density at radius 1 is 1.39 bits per heavy atom. The monoisotopic (exact) mass is 320 g/mol. The van der Waals surface area contributed by atoms with Crippen LogP contribution in [0.2, 0.25) is 0 Å². The predicted octanol–water partition coefficient (Wildman–Crippen LogP) is 2.30. The third-order valence-corrected chi connectivity index (χ3v) is 3.94. The Bertz CT molecular complexity index is 566. The number of nitrogen functional groups attached to an aromatic ring is 1. The molecule has 0 bridgehead atoms. The van der Waals surface area contributed by atoms with Crippen molar-refractivity contribution in [3.8, 4) is 5.75 Å².